The largest absolute Gasteiger partial charge is 0.442 e. The molecule has 2 aliphatic heterocycles. The molecule has 1 fully saturated rings. The third-order valence-corrected chi connectivity index (χ3v) is 4.75. The van der Waals surface area contributed by atoms with E-state index in [2.05, 4.69) is 25.7 Å². The van der Waals surface area contributed by atoms with Gasteiger partial charge >= 0.3 is 6.09 Å². The third kappa shape index (κ3) is 3.44. The van der Waals surface area contributed by atoms with E-state index in [0.29, 0.717) is 11.3 Å². The highest BCUT2D eigenvalue weighted by Gasteiger charge is 2.39. The number of ether oxygens (including phenoxy) is 1. The van der Waals surface area contributed by atoms with Crippen LogP contribution in [0.25, 0.3) is 0 Å². The Morgan fingerprint density at radius 3 is 2.79 bits per heavy atom. The van der Waals surface area contributed by atoms with Crippen LogP contribution in [0.2, 0.25) is 0 Å². The molecule has 148 valence electrons. The molecule has 29 heavy (non-hydrogen) atoms. The molecule has 0 spiro atoms. The fourth-order valence-corrected chi connectivity index (χ4v) is 3.33. The monoisotopic (exact) mass is 396 g/mol. The van der Waals surface area contributed by atoms with Crippen LogP contribution < -0.4 is 10.2 Å². The summed E-state index contributed by atoms with van der Waals surface area (Å²) >= 11 is 0. The number of carbonyl (C=O) groups excluding carboxylic acids is 2. The lowest BCUT2D eigenvalue weighted by molar-refractivity contribution is -0.119. The second-order valence-electron chi connectivity index (χ2n) is 6.65. The number of rotatable bonds is 5. The van der Waals surface area contributed by atoms with Crippen molar-refractivity contribution >= 4 is 23.9 Å². The topological polar surface area (TPSA) is 109 Å². The van der Waals surface area contributed by atoms with Gasteiger partial charge in [-0.15, -0.1) is 10.2 Å². The first-order valence-electron chi connectivity index (χ1n) is 8.89. The van der Waals surface area contributed by atoms with Gasteiger partial charge in [-0.3, -0.25) is 14.7 Å². The molecule has 0 radical (unpaired) electrons. The summed E-state index contributed by atoms with van der Waals surface area (Å²) in [6.45, 7) is 1.78. The molecule has 9 nitrogen and oxygen atoms in total. The Kier molecular flexibility index (Phi) is 4.75. The number of anilines is 1. The first-order valence-corrected chi connectivity index (χ1v) is 8.89. The van der Waals surface area contributed by atoms with Crippen LogP contribution in [0.5, 0.6) is 0 Å². The lowest BCUT2D eigenvalue weighted by atomic mass is 9.85. The first kappa shape index (κ1) is 18.7. The molecular formula is C19H17FN6O3. The number of carbonyl (C=O) groups is 2. The number of amides is 2. The maximum absolute atomic E-state index is 15.1. The number of halogens is 1. The van der Waals surface area contributed by atoms with Gasteiger partial charge in [0.15, 0.2) is 5.54 Å². The van der Waals surface area contributed by atoms with Gasteiger partial charge in [-0.25, -0.2) is 9.18 Å². The Bertz CT molecular complexity index is 998. The second kappa shape index (κ2) is 7.38. The van der Waals surface area contributed by atoms with Gasteiger partial charge in [0, 0.05) is 24.9 Å². The molecule has 1 saturated heterocycles. The minimum absolute atomic E-state index is 0.195. The average molecular weight is 396 g/mol. The molecule has 2 amide bonds. The summed E-state index contributed by atoms with van der Waals surface area (Å²) in [7, 11) is 0. The molecule has 1 aromatic heterocycles. The van der Waals surface area contributed by atoms with E-state index in [1.54, 1.807) is 36.7 Å². The van der Waals surface area contributed by atoms with Gasteiger partial charge in [0.05, 0.1) is 25.0 Å². The van der Waals surface area contributed by atoms with E-state index < -0.39 is 23.6 Å². The summed E-state index contributed by atoms with van der Waals surface area (Å²) in [5, 5.41) is 14.2. The van der Waals surface area contributed by atoms with Crippen molar-refractivity contribution in [1.82, 2.24) is 10.3 Å². The van der Waals surface area contributed by atoms with Crippen LogP contribution in [0.15, 0.2) is 58.2 Å². The van der Waals surface area contributed by atoms with Crippen LogP contribution >= 0.6 is 0 Å². The van der Waals surface area contributed by atoms with Gasteiger partial charge in [0.2, 0.25) is 5.91 Å². The SMILES string of the molecule is CC(=O)NC[C@H]1CN(c2ccc([C@@]3(c4ccncc4)C=NN=N3)c(F)c2)C(=O)O1. The minimum atomic E-state index is -1.19. The van der Waals surface area contributed by atoms with Gasteiger partial charge < -0.3 is 10.1 Å². The standard InChI is InChI=1S/C19H17FN6O3/c1-12(27)22-9-15-10-26(18(28)29-15)14-2-3-16(17(20)8-14)19(11-23-25-24-19)13-4-6-21-7-5-13/h2-8,11,15H,9-10H2,1H3,(H,22,27)/t15-,19-/m0/s1. The van der Waals surface area contributed by atoms with E-state index in [9.17, 15) is 9.59 Å². The summed E-state index contributed by atoms with van der Waals surface area (Å²) in [6, 6.07) is 7.85. The zero-order chi connectivity index (χ0) is 20.4. The minimum Gasteiger partial charge on any atom is -0.442 e. The number of cyclic esters (lactones) is 1. The summed E-state index contributed by atoms with van der Waals surface area (Å²) in [6.07, 6.45) is 3.53. The average Bonchev–Trinajstić information content (AvgIpc) is 3.34. The van der Waals surface area contributed by atoms with Crippen LogP contribution in [-0.2, 0) is 15.1 Å². The fraction of sp³-hybridized carbons (Fsp3) is 0.263. The molecule has 0 unspecified atom stereocenters. The predicted molar refractivity (Wildman–Crippen MR) is 101 cm³/mol. The molecule has 0 saturated carbocycles. The maximum Gasteiger partial charge on any atom is 0.414 e. The van der Waals surface area contributed by atoms with Crippen molar-refractivity contribution in [2.45, 2.75) is 18.6 Å². The van der Waals surface area contributed by atoms with Crippen molar-refractivity contribution in [3.05, 3.63) is 59.7 Å². The molecule has 4 rings (SSSR count). The van der Waals surface area contributed by atoms with Gasteiger partial charge in [-0.1, -0.05) is 6.07 Å². The number of aromatic nitrogens is 1. The summed E-state index contributed by atoms with van der Waals surface area (Å²) < 4.78 is 20.4. The van der Waals surface area contributed by atoms with Gasteiger partial charge in [0.1, 0.15) is 11.9 Å². The van der Waals surface area contributed by atoms with E-state index in [0.717, 1.165) is 0 Å². The van der Waals surface area contributed by atoms with Crippen molar-refractivity contribution < 1.29 is 18.7 Å². The highest BCUT2D eigenvalue weighted by molar-refractivity contribution is 5.90. The number of hydrogen-bond donors (Lipinski definition) is 1. The van der Waals surface area contributed by atoms with Crippen molar-refractivity contribution in [3.8, 4) is 0 Å². The van der Waals surface area contributed by atoms with Crippen LogP contribution in [0.4, 0.5) is 14.9 Å². The Labute approximate surface area is 165 Å². The molecular weight excluding hydrogens is 379 g/mol. The Morgan fingerprint density at radius 1 is 1.34 bits per heavy atom. The van der Waals surface area contributed by atoms with Gasteiger partial charge in [-0.05, 0) is 35.1 Å². The fourth-order valence-electron chi connectivity index (χ4n) is 3.33. The van der Waals surface area contributed by atoms with Crippen LogP contribution in [0, 0.1) is 5.82 Å². The van der Waals surface area contributed by atoms with E-state index in [1.165, 1.54) is 24.1 Å². The summed E-state index contributed by atoms with van der Waals surface area (Å²) in [5.41, 5.74) is 0.0728. The van der Waals surface area contributed by atoms with E-state index in [-0.39, 0.29) is 24.6 Å². The Balaban J connectivity index is 1.62. The van der Waals surface area contributed by atoms with Crippen molar-refractivity contribution in [3.63, 3.8) is 0 Å². The normalized spacial score (nSPS) is 22.8. The number of benzene rings is 1. The van der Waals surface area contributed by atoms with Gasteiger partial charge in [-0.2, -0.15) is 0 Å². The van der Waals surface area contributed by atoms with E-state index >= 15 is 4.39 Å². The Hall–Kier alpha value is -3.69. The van der Waals surface area contributed by atoms with E-state index in [4.69, 9.17) is 4.74 Å². The number of pyridine rings is 1. The smallest absolute Gasteiger partial charge is 0.414 e. The zero-order valence-corrected chi connectivity index (χ0v) is 15.4. The molecule has 1 aromatic carbocycles. The molecule has 1 N–H and O–H groups in total. The van der Waals surface area contributed by atoms with Crippen molar-refractivity contribution in [2.24, 2.45) is 15.4 Å². The molecule has 10 heteroatoms. The molecule has 0 bridgehead atoms. The van der Waals surface area contributed by atoms with Crippen LogP contribution in [0.3, 0.4) is 0 Å². The Morgan fingerprint density at radius 2 is 2.14 bits per heavy atom. The third-order valence-electron chi connectivity index (χ3n) is 4.75. The lowest BCUT2D eigenvalue weighted by Crippen LogP contribution is -2.33. The highest BCUT2D eigenvalue weighted by Crippen LogP contribution is 2.38. The van der Waals surface area contributed by atoms with Crippen LogP contribution in [0.1, 0.15) is 18.1 Å². The number of hydrogen-bond acceptors (Lipinski definition) is 7. The first-order chi connectivity index (χ1) is 14.0. The quantitative estimate of drug-likeness (QED) is 0.837. The molecule has 2 aromatic rings. The lowest BCUT2D eigenvalue weighted by Gasteiger charge is -2.23. The van der Waals surface area contributed by atoms with E-state index in [1.807, 2.05) is 0 Å². The molecule has 3 heterocycles. The maximum atomic E-state index is 15.1. The molecule has 0 aliphatic carbocycles. The van der Waals surface area contributed by atoms with Crippen molar-refractivity contribution in [1.29, 1.82) is 0 Å². The number of nitrogens with one attached hydrogen (secondary N) is 1. The summed E-state index contributed by atoms with van der Waals surface area (Å²) in [4.78, 5) is 28.5. The molecule has 2 atom stereocenters. The van der Waals surface area contributed by atoms with Crippen molar-refractivity contribution in [2.75, 3.05) is 18.0 Å². The van der Waals surface area contributed by atoms with Gasteiger partial charge in [0.25, 0.3) is 0 Å². The molecule has 2 aliphatic rings. The zero-order valence-electron chi connectivity index (χ0n) is 15.4. The number of nitrogens with zero attached hydrogens (tertiary/aromatic N) is 5. The van der Waals surface area contributed by atoms with Crippen LogP contribution in [-0.4, -0.2) is 42.4 Å². The second-order valence-corrected chi connectivity index (χ2v) is 6.65. The predicted octanol–water partition coefficient (Wildman–Crippen LogP) is 2.38. The highest BCUT2D eigenvalue weighted by atomic mass is 19.1. The summed E-state index contributed by atoms with van der Waals surface area (Å²) in [5.74, 6) is -0.784.